The fourth-order valence-electron chi connectivity index (χ4n) is 2.45. The van der Waals surface area contributed by atoms with Crippen LogP contribution < -0.4 is 14.9 Å². The van der Waals surface area contributed by atoms with E-state index in [1.165, 1.54) is 0 Å². The number of hydrogen-bond donors (Lipinski definition) is 1. The number of carbonyl (C=O) groups is 1. The molecular weight excluding hydrogens is 372 g/mol. The highest BCUT2D eigenvalue weighted by atomic mass is 32.1. The molecule has 2 aromatic carbocycles. The highest BCUT2D eigenvalue weighted by Gasteiger charge is 2.05. The van der Waals surface area contributed by atoms with Crippen molar-refractivity contribution in [3.63, 3.8) is 0 Å². The van der Waals surface area contributed by atoms with Crippen molar-refractivity contribution in [3.8, 4) is 11.5 Å². The molecule has 0 aliphatic rings. The standard InChI is InChI=1S/C22H22N2O3S/c1-3-26-19-8-10-20(11-9-19)27-15-17-4-6-18(7-5-17)22(25)24-23-14-21-16(2)12-13-28-21/h4-14H,3,15H2,1-2H3,(H,24,25)/b23-14-. The molecule has 3 aromatic rings. The summed E-state index contributed by atoms with van der Waals surface area (Å²) in [6, 6.07) is 16.8. The van der Waals surface area contributed by atoms with Crippen molar-refractivity contribution in [2.24, 2.45) is 5.10 Å². The van der Waals surface area contributed by atoms with E-state index in [1.807, 2.05) is 61.7 Å². The van der Waals surface area contributed by atoms with Gasteiger partial charge in [0.15, 0.2) is 0 Å². The lowest BCUT2D eigenvalue weighted by molar-refractivity contribution is 0.0955. The van der Waals surface area contributed by atoms with Crippen LogP contribution in [-0.4, -0.2) is 18.7 Å². The van der Waals surface area contributed by atoms with Crippen LogP contribution in [-0.2, 0) is 6.61 Å². The van der Waals surface area contributed by atoms with Gasteiger partial charge in [0.25, 0.3) is 5.91 Å². The molecule has 0 unspecified atom stereocenters. The first kappa shape index (κ1) is 19.6. The van der Waals surface area contributed by atoms with Crippen LogP contribution in [0.5, 0.6) is 11.5 Å². The SMILES string of the molecule is CCOc1ccc(OCc2ccc(C(=O)N/N=C\c3sccc3C)cc2)cc1. The Morgan fingerprint density at radius 2 is 1.71 bits per heavy atom. The van der Waals surface area contributed by atoms with E-state index in [-0.39, 0.29) is 5.91 Å². The van der Waals surface area contributed by atoms with Gasteiger partial charge < -0.3 is 9.47 Å². The molecule has 0 atom stereocenters. The molecule has 0 radical (unpaired) electrons. The zero-order chi connectivity index (χ0) is 19.8. The Hall–Kier alpha value is -3.12. The van der Waals surface area contributed by atoms with Gasteiger partial charge >= 0.3 is 0 Å². The largest absolute Gasteiger partial charge is 0.494 e. The van der Waals surface area contributed by atoms with E-state index in [9.17, 15) is 4.79 Å². The summed E-state index contributed by atoms with van der Waals surface area (Å²) in [5.41, 5.74) is 5.21. The molecule has 0 spiro atoms. The molecule has 0 aliphatic heterocycles. The number of benzene rings is 2. The van der Waals surface area contributed by atoms with Gasteiger partial charge in [-0.3, -0.25) is 4.79 Å². The maximum absolute atomic E-state index is 12.2. The summed E-state index contributed by atoms with van der Waals surface area (Å²) in [5, 5.41) is 6.01. The molecule has 1 amide bonds. The predicted molar refractivity (Wildman–Crippen MR) is 113 cm³/mol. The summed E-state index contributed by atoms with van der Waals surface area (Å²) < 4.78 is 11.2. The number of ether oxygens (including phenoxy) is 2. The Balaban J connectivity index is 1.50. The second-order valence-corrected chi connectivity index (χ2v) is 7.00. The van der Waals surface area contributed by atoms with E-state index in [0.717, 1.165) is 27.5 Å². The number of nitrogens with one attached hydrogen (secondary N) is 1. The van der Waals surface area contributed by atoms with Gasteiger partial charge in [-0.1, -0.05) is 12.1 Å². The van der Waals surface area contributed by atoms with Gasteiger partial charge in [-0.05, 0) is 72.8 Å². The van der Waals surface area contributed by atoms with Crippen LogP contribution in [0.3, 0.4) is 0 Å². The molecule has 28 heavy (non-hydrogen) atoms. The molecule has 6 heteroatoms. The summed E-state index contributed by atoms with van der Waals surface area (Å²) in [7, 11) is 0. The zero-order valence-corrected chi connectivity index (χ0v) is 16.7. The minimum absolute atomic E-state index is 0.246. The van der Waals surface area contributed by atoms with Crippen LogP contribution in [0, 0.1) is 6.92 Å². The maximum Gasteiger partial charge on any atom is 0.271 e. The second-order valence-electron chi connectivity index (χ2n) is 6.06. The van der Waals surface area contributed by atoms with Gasteiger partial charge in [-0.2, -0.15) is 5.10 Å². The number of amides is 1. The molecule has 0 aliphatic carbocycles. The van der Waals surface area contributed by atoms with Crippen molar-refractivity contribution in [2.75, 3.05) is 6.61 Å². The molecule has 144 valence electrons. The highest BCUT2D eigenvalue weighted by Crippen LogP contribution is 2.19. The lowest BCUT2D eigenvalue weighted by Gasteiger charge is -2.08. The number of hydrazone groups is 1. The first-order valence-electron chi connectivity index (χ1n) is 8.98. The maximum atomic E-state index is 12.2. The average Bonchev–Trinajstić information content (AvgIpc) is 3.13. The van der Waals surface area contributed by atoms with Crippen molar-refractivity contribution >= 4 is 23.5 Å². The fraction of sp³-hybridized carbons (Fsp3) is 0.182. The summed E-state index contributed by atoms with van der Waals surface area (Å²) >= 11 is 1.58. The quantitative estimate of drug-likeness (QED) is 0.441. The third-order valence-corrected chi connectivity index (χ3v) is 4.96. The molecule has 1 N–H and O–H groups in total. The molecule has 0 saturated heterocycles. The molecule has 1 heterocycles. The lowest BCUT2D eigenvalue weighted by Crippen LogP contribution is -2.17. The topological polar surface area (TPSA) is 59.9 Å². The van der Waals surface area contributed by atoms with Crippen LogP contribution in [0.1, 0.15) is 33.3 Å². The summed E-state index contributed by atoms with van der Waals surface area (Å²) in [6.07, 6.45) is 1.66. The normalized spacial score (nSPS) is 10.8. The van der Waals surface area contributed by atoms with Gasteiger partial charge in [0.05, 0.1) is 12.8 Å². The Morgan fingerprint density at radius 3 is 2.32 bits per heavy atom. The minimum Gasteiger partial charge on any atom is -0.494 e. The van der Waals surface area contributed by atoms with Crippen LogP contribution in [0.4, 0.5) is 0 Å². The first-order chi connectivity index (χ1) is 13.7. The highest BCUT2D eigenvalue weighted by molar-refractivity contribution is 7.11. The van der Waals surface area contributed by atoms with Crippen LogP contribution in [0.25, 0.3) is 0 Å². The Kier molecular flexibility index (Phi) is 6.81. The first-order valence-corrected chi connectivity index (χ1v) is 9.86. The number of nitrogens with zero attached hydrogens (tertiary/aromatic N) is 1. The van der Waals surface area contributed by atoms with Crippen molar-refractivity contribution in [1.82, 2.24) is 5.43 Å². The third kappa shape index (κ3) is 5.44. The van der Waals surface area contributed by atoms with Gasteiger partial charge in [0.1, 0.15) is 18.1 Å². The monoisotopic (exact) mass is 394 g/mol. The second kappa shape index (κ2) is 9.71. The zero-order valence-electron chi connectivity index (χ0n) is 15.8. The fourth-order valence-corrected chi connectivity index (χ4v) is 3.23. The molecule has 0 fully saturated rings. The predicted octanol–water partition coefficient (Wildman–Crippen LogP) is 4.80. The molecular formula is C22H22N2O3S. The number of aryl methyl sites for hydroxylation is 1. The Bertz CT molecular complexity index is 931. The average molecular weight is 394 g/mol. The van der Waals surface area contributed by atoms with E-state index < -0.39 is 0 Å². The molecule has 0 saturated carbocycles. The van der Waals surface area contributed by atoms with Crippen molar-refractivity contribution in [3.05, 3.63) is 81.5 Å². The Morgan fingerprint density at radius 1 is 1.04 bits per heavy atom. The smallest absolute Gasteiger partial charge is 0.271 e. The van der Waals surface area contributed by atoms with Gasteiger partial charge in [0.2, 0.25) is 0 Å². The molecule has 5 nitrogen and oxygen atoms in total. The minimum atomic E-state index is -0.246. The van der Waals surface area contributed by atoms with Crippen LogP contribution in [0.2, 0.25) is 0 Å². The summed E-state index contributed by atoms with van der Waals surface area (Å²) in [5.74, 6) is 1.34. The van der Waals surface area contributed by atoms with Gasteiger partial charge in [-0.15, -0.1) is 11.3 Å². The van der Waals surface area contributed by atoms with Crippen molar-refractivity contribution in [1.29, 1.82) is 0 Å². The van der Waals surface area contributed by atoms with Crippen molar-refractivity contribution < 1.29 is 14.3 Å². The van der Waals surface area contributed by atoms with E-state index in [0.29, 0.717) is 18.8 Å². The number of hydrogen-bond acceptors (Lipinski definition) is 5. The lowest BCUT2D eigenvalue weighted by atomic mass is 10.1. The summed E-state index contributed by atoms with van der Waals surface area (Å²) in [6.45, 7) is 5.02. The van der Waals surface area contributed by atoms with Crippen LogP contribution in [0.15, 0.2) is 65.1 Å². The molecule has 0 bridgehead atoms. The Labute approximate surface area is 168 Å². The van der Waals surface area contributed by atoms with E-state index in [4.69, 9.17) is 9.47 Å². The van der Waals surface area contributed by atoms with Crippen LogP contribution >= 0.6 is 11.3 Å². The number of rotatable bonds is 8. The van der Waals surface area contributed by atoms with E-state index in [2.05, 4.69) is 10.5 Å². The van der Waals surface area contributed by atoms with E-state index >= 15 is 0 Å². The van der Waals surface area contributed by atoms with Gasteiger partial charge in [0, 0.05) is 10.4 Å². The van der Waals surface area contributed by atoms with E-state index in [1.54, 1.807) is 29.7 Å². The summed E-state index contributed by atoms with van der Waals surface area (Å²) in [4.78, 5) is 13.2. The number of carbonyl (C=O) groups excluding carboxylic acids is 1. The van der Waals surface area contributed by atoms with Crippen molar-refractivity contribution in [2.45, 2.75) is 20.5 Å². The van der Waals surface area contributed by atoms with Gasteiger partial charge in [-0.25, -0.2) is 5.43 Å². The molecule has 1 aromatic heterocycles. The number of thiophene rings is 1. The molecule has 3 rings (SSSR count). The third-order valence-electron chi connectivity index (χ3n) is 4.01.